The van der Waals surface area contributed by atoms with Crippen LogP contribution in [0.25, 0.3) is 0 Å². The largest absolute Gasteiger partial charge is 0.393 e. The summed E-state index contributed by atoms with van der Waals surface area (Å²) >= 11 is 0. The molecule has 2 N–H and O–H groups in total. The molecule has 198 valence electrons. The van der Waals surface area contributed by atoms with Gasteiger partial charge in [0, 0.05) is 12.8 Å². The summed E-state index contributed by atoms with van der Waals surface area (Å²) in [7, 11) is 0. The minimum Gasteiger partial charge on any atom is -0.393 e. The maximum absolute atomic E-state index is 11.5. The number of aliphatic hydroxyl groups excluding tert-OH is 1. The van der Waals surface area contributed by atoms with E-state index >= 15 is 0 Å². The highest BCUT2D eigenvalue weighted by Crippen LogP contribution is 2.69. The van der Waals surface area contributed by atoms with Gasteiger partial charge in [-0.05, 0) is 97.2 Å². The van der Waals surface area contributed by atoms with Gasteiger partial charge >= 0.3 is 0 Å². The molecule has 0 aromatic rings. The van der Waals surface area contributed by atoms with Gasteiger partial charge in [0.15, 0.2) is 5.79 Å². The van der Waals surface area contributed by atoms with Crippen molar-refractivity contribution in [1.29, 1.82) is 0 Å². The van der Waals surface area contributed by atoms with Gasteiger partial charge in [0.25, 0.3) is 0 Å². The first-order chi connectivity index (χ1) is 16.0. The lowest BCUT2D eigenvalue weighted by Crippen LogP contribution is -2.60. The Labute approximate surface area is 210 Å². The van der Waals surface area contributed by atoms with Crippen LogP contribution in [0.5, 0.6) is 0 Å². The van der Waals surface area contributed by atoms with Crippen molar-refractivity contribution in [3.05, 3.63) is 0 Å². The van der Waals surface area contributed by atoms with Crippen LogP contribution >= 0.6 is 0 Å². The summed E-state index contributed by atoms with van der Waals surface area (Å²) in [5.74, 6) is 3.79. The van der Waals surface area contributed by atoms with E-state index in [0.717, 1.165) is 55.8 Å². The van der Waals surface area contributed by atoms with Gasteiger partial charge in [-0.2, -0.15) is 0 Å². The van der Waals surface area contributed by atoms with Gasteiger partial charge < -0.3 is 14.9 Å². The monoisotopic (exact) mass is 476 g/mol. The fourth-order valence-electron chi connectivity index (χ4n) is 9.81. The number of unbranched alkanes of at least 4 members (excludes halogenated alkanes) is 1. The van der Waals surface area contributed by atoms with E-state index in [2.05, 4.69) is 41.5 Å². The van der Waals surface area contributed by atoms with Gasteiger partial charge in [0.05, 0.1) is 12.7 Å². The Morgan fingerprint density at radius 3 is 2.32 bits per heavy atom. The molecule has 0 aliphatic heterocycles. The molecule has 0 radical (unpaired) electrons. The van der Waals surface area contributed by atoms with E-state index in [0.29, 0.717) is 30.3 Å². The third-order valence-corrected chi connectivity index (χ3v) is 11.8. The second kappa shape index (κ2) is 10.3. The molecule has 0 aromatic heterocycles. The van der Waals surface area contributed by atoms with E-state index in [1.54, 1.807) is 0 Å². The van der Waals surface area contributed by atoms with Crippen LogP contribution in [0.4, 0.5) is 0 Å². The van der Waals surface area contributed by atoms with Gasteiger partial charge in [-0.25, -0.2) is 0 Å². The van der Waals surface area contributed by atoms with Crippen LogP contribution in [0.3, 0.4) is 0 Å². The molecule has 34 heavy (non-hydrogen) atoms. The molecule has 0 aromatic carbocycles. The Morgan fingerprint density at radius 1 is 0.882 bits per heavy atom. The normalized spacial score (nSPS) is 47.2. The fourth-order valence-corrected chi connectivity index (χ4v) is 9.81. The second-order valence-electron chi connectivity index (χ2n) is 14.2. The lowest BCUT2D eigenvalue weighted by molar-refractivity contribution is -0.273. The molecule has 0 amide bonds. The van der Waals surface area contributed by atoms with Gasteiger partial charge in [0.2, 0.25) is 0 Å². The van der Waals surface area contributed by atoms with Crippen LogP contribution in [-0.2, 0) is 4.74 Å². The van der Waals surface area contributed by atoms with Crippen LogP contribution in [-0.4, -0.2) is 28.7 Å². The average molecular weight is 477 g/mol. The minimum absolute atomic E-state index is 0.144. The molecule has 3 unspecified atom stereocenters. The van der Waals surface area contributed by atoms with Crippen LogP contribution < -0.4 is 0 Å². The minimum atomic E-state index is -1.03. The quantitative estimate of drug-likeness (QED) is 0.266. The maximum Gasteiger partial charge on any atom is 0.165 e. The zero-order valence-corrected chi connectivity index (χ0v) is 23.3. The Kier molecular flexibility index (Phi) is 8.18. The summed E-state index contributed by atoms with van der Waals surface area (Å²) in [4.78, 5) is 0. The summed E-state index contributed by atoms with van der Waals surface area (Å²) in [6.45, 7) is 15.1. The molecule has 0 heterocycles. The number of aliphatic hydroxyl groups is 2. The lowest BCUT2D eigenvalue weighted by Gasteiger charge is -2.63. The van der Waals surface area contributed by atoms with Crippen molar-refractivity contribution in [2.24, 2.45) is 52.3 Å². The predicted octanol–water partition coefficient (Wildman–Crippen LogP) is 7.58. The van der Waals surface area contributed by atoms with Crippen LogP contribution in [0.15, 0.2) is 0 Å². The van der Waals surface area contributed by atoms with Gasteiger partial charge in [-0.1, -0.05) is 67.2 Å². The van der Waals surface area contributed by atoms with Crippen molar-refractivity contribution >= 4 is 0 Å². The smallest absolute Gasteiger partial charge is 0.165 e. The molecule has 0 spiro atoms. The molecule has 4 aliphatic carbocycles. The first-order valence-electron chi connectivity index (χ1n) is 15.1. The summed E-state index contributed by atoms with van der Waals surface area (Å²) in [6.07, 6.45) is 14.7. The maximum atomic E-state index is 11.5. The van der Waals surface area contributed by atoms with Gasteiger partial charge in [0.1, 0.15) is 0 Å². The molecule has 0 bridgehead atoms. The Hall–Kier alpha value is -0.120. The highest BCUT2D eigenvalue weighted by Gasteiger charge is 2.63. The highest BCUT2D eigenvalue weighted by atomic mass is 16.6. The zero-order chi connectivity index (χ0) is 24.7. The van der Waals surface area contributed by atoms with E-state index in [1.165, 1.54) is 44.9 Å². The standard InChI is InChI=1S/C31H56O3/c1-7-8-18-34-31(33)17-16-30(6)26-14-15-29(5)24(22(4)11-9-10-21(2)3)12-13-25(29)23(26)19-28(32)27(30)20-31/h21-28,32-33H,7-20H2,1-6H3/t22-,23+,24-,25+,26+,27?,28?,29-,30-,31?/m1/s1. The topological polar surface area (TPSA) is 49.7 Å². The molecule has 4 rings (SSSR count). The van der Waals surface area contributed by atoms with Crippen LogP contribution in [0.1, 0.15) is 125 Å². The molecule has 4 saturated carbocycles. The third kappa shape index (κ3) is 4.89. The zero-order valence-electron chi connectivity index (χ0n) is 23.3. The van der Waals surface area contributed by atoms with Crippen LogP contribution in [0.2, 0.25) is 0 Å². The Balaban J connectivity index is 1.46. The van der Waals surface area contributed by atoms with Crippen molar-refractivity contribution in [2.75, 3.05) is 6.61 Å². The van der Waals surface area contributed by atoms with Gasteiger partial charge in [-0.15, -0.1) is 0 Å². The second-order valence-corrected chi connectivity index (χ2v) is 14.2. The SMILES string of the molecule is CCCCOC1(O)CC[C@@]2(C)C(C1)C(O)C[C@H]1[C@@H]3CC[C@H]([C@H](C)CCCC(C)C)[C@@]3(C)CC[C@@H]12. The highest BCUT2D eigenvalue weighted by molar-refractivity contribution is 5.12. The van der Waals surface area contributed by atoms with E-state index in [1.807, 2.05) is 0 Å². The summed E-state index contributed by atoms with van der Waals surface area (Å²) in [5.41, 5.74) is 0.602. The van der Waals surface area contributed by atoms with Gasteiger partial charge in [-0.3, -0.25) is 0 Å². The Bertz CT molecular complexity index is 678. The van der Waals surface area contributed by atoms with Crippen molar-refractivity contribution in [2.45, 2.75) is 137 Å². The number of hydrogen-bond donors (Lipinski definition) is 2. The molecule has 3 heteroatoms. The average Bonchev–Trinajstić information content (AvgIpc) is 3.13. The first kappa shape index (κ1) is 26.9. The van der Waals surface area contributed by atoms with E-state index in [-0.39, 0.29) is 17.4 Å². The number of hydrogen-bond acceptors (Lipinski definition) is 3. The fraction of sp³-hybridized carbons (Fsp3) is 1.00. The molecule has 0 saturated heterocycles. The number of ether oxygens (including phenoxy) is 1. The van der Waals surface area contributed by atoms with E-state index < -0.39 is 5.79 Å². The molecular weight excluding hydrogens is 420 g/mol. The molecule has 4 aliphatic rings. The third-order valence-electron chi connectivity index (χ3n) is 11.8. The molecule has 10 atom stereocenters. The first-order valence-corrected chi connectivity index (χ1v) is 15.1. The van der Waals surface area contributed by atoms with E-state index in [4.69, 9.17) is 4.74 Å². The van der Waals surface area contributed by atoms with E-state index in [9.17, 15) is 10.2 Å². The van der Waals surface area contributed by atoms with Crippen molar-refractivity contribution in [3.63, 3.8) is 0 Å². The molecular formula is C31H56O3. The van der Waals surface area contributed by atoms with Crippen LogP contribution in [0, 0.1) is 52.3 Å². The van der Waals surface area contributed by atoms with Crippen molar-refractivity contribution in [3.8, 4) is 0 Å². The Morgan fingerprint density at radius 2 is 1.62 bits per heavy atom. The van der Waals surface area contributed by atoms with Crippen molar-refractivity contribution < 1.29 is 14.9 Å². The summed E-state index contributed by atoms with van der Waals surface area (Å²) in [5, 5.41) is 22.7. The molecule has 4 fully saturated rings. The number of rotatable bonds is 9. The lowest BCUT2D eigenvalue weighted by atomic mass is 9.43. The summed E-state index contributed by atoms with van der Waals surface area (Å²) in [6, 6.07) is 0. The van der Waals surface area contributed by atoms with Crippen molar-refractivity contribution in [1.82, 2.24) is 0 Å². The molecule has 3 nitrogen and oxygen atoms in total. The predicted molar refractivity (Wildman–Crippen MR) is 140 cm³/mol. The number of fused-ring (bicyclic) bond motifs is 5. The summed E-state index contributed by atoms with van der Waals surface area (Å²) < 4.78 is 6.01.